The number of carboxylic acids is 1. The summed E-state index contributed by atoms with van der Waals surface area (Å²) in [6.45, 7) is 1.98. The van der Waals surface area contributed by atoms with Gasteiger partial charge >= 0.3 is 5.97 Å². The minimum atomic E-state index is -0.693. The molecule has 0 bridgehead atoms. The Balaban J connectivity index is 0.000000224. The predicted molar refractivity (Wildman–Crippen MR) is 79.0 cm³/mol. The van der Waals surface area contributed by atoms with Gasteiger partial charge in [0.2, 0.25) is 0 Å². The minimum absolute atomic E-state index is 0.316. The molecule has 0 fully saturated rings. The van der Waals surface area contributed by atoms with Crippen molar-refractivity contribution in [3.8, 4) is 11.1 Å². The zero-order valence-electron chi connectivity index (χ0n) is 11.3. The minimum Gasteiger partial charge on any atom is -0.481 e. The Labute approximate surface area is 114 Å². The highest BCUT2D eigenvalue weighted by Gasteiger charge is 1.92. The number of hydrogen-bond donors (Lipinski definition) is 1. The Morgan fingerprint density at radius 2 is 1.32 bits per heavy atom. The van der Waals surface area contributed by atoms with Crippen LogP contribution in [0.25, 0.3) is 11.1 Å². The molecule has 2 nitrogen and oxygen atoms in total. The molecule has 19 heavy (non-hydrogen) atoms. The topological polar surface area (TPSA) is 37.3 Å². The van der Waals surface area contributed by atoms with Crippen molar-refractivity contribution in [2.45, 2.75) is 26.2 Å². The largest absolute Gasteiger partial charge is 0.481 e. The molecular formula is C17H20O2. The van der Waals surface area contributed by atoms with Gasteiger partial charge in [0.05, 0.1) is 0 Å². The first-order valence-electron chi connectivity index (χ1n) is 6.56. The third-order valence-electron chi connectivity index (χ3n) is 2.63. The molecule has 1 N–H and O–H groups in total. The fourth-order valence-corrected chi connectivity index (χ4v) is 1.59. The number of benzene rings is 2. The lowest BCUT2D eigenvalue weighted by atomic mass is 10.1. The molecule has 100 valence electrons. The Hall–Kier alpha value is -2.09. The molecule has 0 heterocycles. The number of unbranched alkanes of at least 4 members (excludes halogenated alkanes) is 1. The second-order valence-corrected chi connectivity index (χ2v) is 4.23. The molecule has 2 aromatic rings. The summed E-state index contributed by atoms with van der Waals surface area (Å²) in [6, 6.07) is 20.8. The van der Waals surface area contributed by atoms with Gasteiger partial charge in [-0.3, -0.25) is 4.79 Å². The Kier molecular flexibility index (Phi) is 7.03. The highest BCUT2D eigenvalue weighted by molar-refractivity contribution is 5.66. The molecule has 0 aliphatic rings. The van der Waals surface area contributed by atoms with E-state index in [1.54, 1.807) is 0 Å². The van der Waals surface area contributed by atoms with Gasteiger partial charge in [-0.2, -0.15) is 0 Å². The van der Waals surface area contributed by atoms with Gasteiger partial charge in [0.15, 0.2) is 0 Å². The molecule has 2 rings (SSSR count). The van der Waals surface area contributed by atoms with Crippen molar-refractivity contribution < 1.29 is 9.90 Å². The standard InChI is InChI=1S/C12H10.C5H10O2/c1-3-7-11(8-4-1)12-9-5-2-6-10-12;1-2-3-4-5(6)7/h1-10H;2-4H2,1H3,(H,6,7). The second kappa shape index (κ2) is 8.92. The van der Waals surface area contributed by atoms with E-state index < -0.39 is 5.97 Å². The van der Waals surface area contributed by atoms with Crippen LogP contribution in [0.2, 0.25) is 0 Å². The molecule has 0 aliphatic heterocycles. The van der Waals surface area contributed by atoms with Crippen LogP contribution in [0.15, 0.2) is 60.7 Å². The van der Waals surface area contributed by atoms with Gasteiger partial charge in [0, 0.05) is 6.42 Å². The van der Waals surface area contributed by atoms with E-state index in [2.05, 4.69) is 48.5 Å². The fourth-order valence-electron chi connectivity index (χ4n) is 1.59. The van der Waals surface area contributed by atoms with Gasteiger partial charge in [-0.1, -0.05) is 74.0 Å². The summed E-state index contributed by atoms with van der Waals surface area (Å²) in [7, 11) is 0. The molecule has 0 aromatic heterocycles. The van der Waals surface area contributed by atoms with Crippen LogP contribution in [-0.4, -0.2) is 11.1 Å². The van der Waals surface area contributed by atoms with Gasteiger partial charge in [-0.15, -0.1) is 0 Å². The highest BCUT2D eigenvalue weighted by atomic mass is 16.4. The van der Waals surface area contributed by atoms with E-state index in [1.807, 2.05) is 19.1 Å². The zero-order valence-corrected chi connectivity index (χ0v) is 11.3. The molecule has 2 aromatic carbocycles. The van der Waals surface area contributed by atoms with Crippen molar-refractivity contribution in [3.05, 3.63) is 60.7 Å². The average Bonchev–Trinajstić information content (AvgIpc) is 2.47. The Morgan fingerprint density at radius 1 is 0.895 bits per heavy atom. The summed E-state index contributed by atoms with van der Waals surface area (Å²) in [5.74, 6) is -0.693. The lowest BCUT2D eigenvalue weighted by Crippen LogP contribution is -1.91. The second-order valence-electron chi connectivity index (χ2n) is 4.23. The van der Waals surface area contributed by atoms with E-state index in [0.717, 1.165) is 12.8 Å². The number of hydrogen-bond acceptors (Lipinski definition) is 1. The third kappa shape index (κ3) is 6.41. The van der Waals surface area contributed by atoms with Crippen LogP contribution in [0.5, 0.6) is 0 Å². The van der Waals surface area contributed by atoms with Gasteiger partial charge in [-0.05, 0) is 17.5 Å². The van der Waals surface area contributed by atoms with E-state index >= 15 is 0 Å². The summed E-state index contributed by atoms with van der Waals surface area (Å²) in [5.41, 5.74) is 2.55. The van der Waals surface area contributed by atoms with Crippen LogP contribution in [0, 0.1) is 0 Å². The van der Waals surface area contributed by atoms with Crippen molar-refractivity contribution in [2.24, 2.45) is 0 Å². The van der Waals surface area contributed by atoms with Crippen molar-refractivity contribution in [2.75, 3.05) is 0 Å². The highest BCUT2D eigenvalue weighted by Crippen LogP contribution is 2.17. The molecule has 0 unspecified atom stereocenters. The fraction of sp³-hybridized carbons (Fsp3) is 0.235. The molecule has 0 aliphatic carbocycles. The number of aliphatic carboxylic acids is 1. The molecule has 0 atom stereocenters. The van der Waals surface area contributed by atoms with E-state index in [4.69, 9.17) is 5.11 Å². The van der Waals surface area contributed by atoms with Crippen molar-refractivity contribution in [1.29, 1.82) is 0 Å². The first-order chi connectivity index (χ1) is 9.24. The Morgan fingerprint density at radius 3 is 1.58 bits per heavy atom. The quantitative estimate of drug-likeness (QED) is 0.867. The summed E-state index contributed by atoms with van der Waals surface area (Å²) >= 11 is 0. The summed E-state index contributed by atoms with van der Waals surface area (Å²) in [4.78, 5) is 9.76. The van der Waals surface area contributed by atoms with Crippen molar-refractivity contribution >= 4 is 5.97 Å². The first-order valence-corrected chi connectivity index (χ1v) is 6.56. The van der Waals surface area contributed by atoms with Gasteiger partial charge in [-0.25, -0.2) is 0 Å². The summed E-state index contributed by atoms with van der Waals surface area (Å²) in [6.07, 6.45) is 2.08. The molecule has 0 saturated carbocycles. The average molecular weight is 256 g/mol. The van der Waals surface area contributed by atoms with Crippen molar-refractivity contribution in [1.82, 2.24) is 0 Å². The first kappa shape index (κ1) is 15.0. The lowest BCUT2D eigenvalue weighted by Gasteiger charge is -1.98. The summed E-state index contributed by atoms with van der Waals surface area (Å²) in [5, 5.41) is 8.04. The normalized spacial score (nSPS) is 9.32. The predicted octanol–water partition coefficient (Wildman–Crippen LogP) is 4.61. The third-order valence-corrected chi connectivity index (χ3v) is 2.63. The summed E-state index contributed by atoms with van der Waals surface area (Å²) < 4.78 is 0. The van der Waals surface area contributed by atoms with Crippen molar-refractivity contribution in [3.63, 3.8) is 0 Å². The van der Waals surface area contributed by atoms with Gasteiger partial charge in [0.1, 0.15) is 0 Å². The zero-order chi connectivity index (χ0) is 13.9. The van der Waals surface area contributed by atoms with Crippen LogP contribution in [-0.2, 0) is 4.79 Å². The van der Waals surface area contributed by atoms with E-state index in [9.17, 15) is 4.79 Å². The van der Waals surface area contributed by atoms with Crippen LogP contribution in [0.3, 0.4) is 0 Å². The lowest BCUT2D eigenvalue weighted by molar-refractivity contribution is -0.137. The Bertz CT molecular complexity index is 426. The molecule has 0 spiro atoms. The number of carboxylic acid groups (broad SMARTS) is 1. The molecule has 0 radical (unpaired) electrons. The van der Waals surface area contributed by atoms with E-state index in [1.165, 1.54) is 11.1 Å². The molecular weight excluding hydrogens is 236 g/mol. The maximum absolute atomic E-state index is 9.76. The number of carbonyl (C=O) groups is 1. The number of rotatable bonds is 4. The smallest absolute Gasteiger partial charge is 0.303 e. The van der Waals surface area contributed by atoms with Crippen LogP contribution >= 0.6 is 0 Å². The van der Waals surface area contributed by atoms with E-state index in [0.29, 0.717) is 6.42 Å². The monoisotopic (exact) mass is 256 g/mol. The van der Waals surface area contributed by atoms with Gasteiger partial charge in [0.25, 0.3) is 0 Å². The maximum Gasteiger partial charge on any atom is 0.303 e. The van der Waals surface area contributed by atoms with Gasteiger partial charge < -0.3 is 5.11 Å². The SMILES string of the molecule is CCCCC(=O)O.c1ccc(-c2ccccc2)cc1. The van der Waals surface area contributed by atoms with Crippen LogP contribution in [0.4, 0.5) is 0 Å². The van der Waals surface area contributed by atoms with E-state index in [-0.39, 0.29) is 0 Å². The molecule has 2 heteroatoms. The molecule has 0 saturated heterocycles. The maximum atomic E-state index is 9.76. The van der Waals surface area contributed by atoms with Crippen LogP contribution < -0.4 is 0 Å². The van der Waals surface area contributed by atoms with Crippen LogP contribution in [0.1, 0.15) is 26.2 Å². The molecule has 0 amide bonds.